The van der Waals surface area contributed by atoms with Crippen LogP contribution in [0.1, 0.15) is 24.4 Å². The van der Waals surface area contributed by atoms with Crippen LogP contribution in [0.3, 0.4) is 0 Å². The minimum atomic E-state index is -0.630. The van der Waals surface area contributed by atoms with Crippen molar-refractivity contribution in [2.75, 3.05) is 25.5 Å². The molecule has 2 N–H and O–H groups in total. The van der Waals surface area contributed by atoms with Crippen molar-refractivity contribution >= 4 is 43.9 Å². The van der Waals surface area contributed by atoms with Crippen molar-refractivity contribution in [2.24, 2.45) is 0 Å². The topological polar surface area (TPSA) is 127 Å². The van der Waals surface area contributed by atoms with Crippen LogP contribution in [-0.2, 0) is 4.84 Å². The van der Waals surface area contributed by atoms with Gasteiger partial charge in [0.05, 0.1) is 18.1 Å². The zero-order valence-electron chi connectivity index (χ0n) is 17.5. The first-order chi connectivity index (χ1) is 15.5. The summed E-state index contributed by atoms with van der Waals surface area (Å²) in [5.41, 5.74) is 3.20. The van der Waals surface area contributed by atoms with Crippen LogP contribution in [0.2, 0.25) is 0 Å². The van der Waals surface area contributed by atoms with Gasteiger partial charge in [-0.25, -0.2) is 19.6 Å². The SMILES string of the molecule is COc1ncnc2sc(NC(=O)ON3CCC(n4c(=O)[nH]c5cc(C)ccc54)CC3)nc12. The Hall–Kier alpha value is -3.51. The van der Waals surface area contributed by atoms with Gasteiger partial charge in [0.15, 0.2) is 15.5 Å². The van der Waals surface area contributed by atoms with Crippen molar-refractivity contribution in [2.45, 2.75) is 25.8 Å². The maximum Gasteiger partial charge on any atom is 0.432 e. The number of amides is 1. The van der Waals surface area contributed by atoms with Gasteiger partial charge in [-0.1, -0.05) is 17.4 Å². The highest BCUT2D eigenvalue weighted by atomic mass is 32.1. The van der Waals surface area contributed by atoms with E-state index >= 15 is 0 Å². The molecule has 0 atom stereocenters. The second-order valence-electron chi connectivity index (χ2n) is 7.54. The van der Waals surface area contributed by atoms with Crippen LogP contribution in [0.4, 0.5) is 9.93 Å². The Morgan fingerprint density at radius 3 is 2.88 bits per heavy atom. The number of aromatic nitrogens is 5. The first-order valence-corrected chi connectivity index (χ1v) is 10.9. The van der Waals surface area contributed by atoms with Crippen molar-refractivity contribution < 1.29 is 14.4 Å². The summed E-state index contributed by atoms with van der Waals surface area (Å²) in [6, 6.07) is 5.98. The second-order valence-corrected chi connectivity index (χ2v) is 8.52. The quantitative estimate of drug-likeness (QED) is 0.481. The van der Waals surface area contributed by atoms with E-state index in [0.29, 0.717) is 47.3 Å². The number of imidazole rings is 1. The number of benzene rings is 1. The molecule has 32 heavy (non-hydrogen) atoms. The molecule has 0 aliphatic carbocycles. The minimum Gasteiger partial charge on any atom is -0.479 e. The van der Waals surface area contributed by atoms with Crippen LogP contribution in [-0.4, -0.2) is 55.9 Å². The lowest BCUT2D eigenvalue weighted by atomic mass is 10.1. The number of ether oxygens (including phenoxy) is 1. The number of anilines is 1. The third-order valence-electron chi connectivity index (χ3n) is 5.44. The summed E-state index contributed by atoms with van der Waals surface area (Å²) in [4.78, 5) is 46.3. The Bertz CT molecular complexity index is 1350. The van der Waals surface area contributed by atoms with Gasteiger partial charge < -0.3 is 14.6 Å². The number of hydroxylamine groups is 2. The molecule has 0 radical (unpaired) electrons. The normalized spacial score (nSPS) is 15.3. The molecule has 12 heteroatoms. The van der Waals surface area contributed by atoms with Crippen LogP contribution in [0.25, 0.3) is 21.4 Å². The summed E-state index contributed by atoms with van der Waals surface area (Å²) in [6.45, 7) is 3.03. The Balaban J connectivity index is 1.21. The molecule has 3 aromatic heterocycles. The summed E-state index contributed by atoms with van der Waals surface area (Å²) in [6.07, 6.45) is 2.12. The van der Waals surface area contributed by atoms with Crippen LogP contribution < -0.4 is 15.7 Å². The van der Waals surface area contributed by atoms with Gasteiger partial charge in [-0.3, -0.25) is 9.88 Å². The van der Waals surface area contributed by atoms with E-state index in [1.54, 1.807) is 5.06 Å². The van der Waals surface area contributed by atoms with Gasteiger partial charge in [-0.15, -0.1) is 5.06 Å². The average Bonchev–Trinajstić information content (AvgIpc) is 3.33. The highest BCUT2D eigenvalue weighted by Crippen LogP contribution is 2.29. The molecule has 4 heterocycles. The molecule has 4 aromatic rings. The lowest BCUT2D eigenvalue weighted by Crippen LogP contribution is -2.39. The summed E-state index contributed by atoms with van der Waals surface area (Å²) < 4.78 is 6.97. The van der Waals surface area contributed by atoms with E-state index < -0.39 is 6.09 Å². The fourth-order valence-corrected chi connectivity index (χ4v) is 4.75. The van der Waals surface area contributed by atoms with Gasteiger partial charge in [0.1, 0.15) is 6.33 Å². The summed E-state index contributed by atoms with van der Waals surface area (Å²) in [5.74, 6) is 0.345. The Labute approximate surface area is 186 Å². The first kappa shape index (κ1) is 20.4. The predicted molar refractivity (Wildman–Crippen MR) is 119 cm³/mol. The molecule has 166 valence electrons. The zero-order valence-corrected chi connectivity index (χ0v) is 18.3. The van der Waals surface area contributed by atoms with E-state index in [0.717, 1.165) is 16.6 Å². The molecule has 0 bridgehead atoms. The number of aryl methyl sites for hydroxylation is 1. The molecule has 1 aliphatic rings. The molecule has 1 aliphatic heterocycles. The third-order valence-corrected chi connectivity index (χ3v) is 6.32. The van der Waals surface area contributed by atoms with Crippen LogP contribution in [0, 0.1) is 6.92 Å². The zero-order chi connectivity index (χ0) is 22.2. The fraction of sp³-hybridized carbons (Fsp3) is 0.350. The van der Waals surface area contributed by atoms with Crippen LogP contribution >= 0.6 is 11.3 Å². The maximum absolute atomic E-state index is 12.5. The highest BCUT2D eigenvalue weighted by Gasteiger charge is 2.26. The van der Waals surface area contributed by atoms with E-state index in [-0.39, 0.29) is 11.7 Å². The summed E-state index contributed by atoms with van der Waals surface area (Å²) in [5, 5.41) is 4.58. The van der Waals surface area contributed by atoms with Gasteiger partial charge in [-0.2, -0.15) is 4.98 Å². The maximum atomic E-state index is 12.5. The van der Waals surface area contributed by atoms with Gasteiger partial charge in [-0.05, 0) is 37.5 Å². The number of carbonyl (C=O) groups is 1. The second kappa shape index (κ2) is 8.20. The summed E-state index contributed by atoms with van der Waals surface area (Å²) >= 11 is 1.21. The molecule has 11 nitrogen and oxygen atoms in total. The minimum absolute atomic E-state index is 0.0390. The number of aromatic amines is 1. The number of nitrogens with one attached hydrogen (secondary N) is 2. The number of rotatable bonds is 4. The third kappa shape index (κ3) is 3.78. The van der Waals surface area contributed by atoms with E-state index in [2.05, 4.69) is 25.3 Å². The van der Waals surface area contributed by atoms with Gasteiger partial charge in [0, 0.05) is 19.1 Å². The van der Waals surface area contributed by atoms with Crippen molar-refractivity contribution in [1.82, 2.24) is 29.6 Å². The van der Waals surface area contributed by atoms with Crippen molar-refractivity contribution in [3.05, 3.63) is 40.6 Å². The molecule has 0 unspecified atom stereocenters. The number of carbonyl (C=O) groups excluding carboxylic acids is 1. The molecule has 0 spiro atoms. The average molecular weight is 456 g/mol. The first-order valence-electron chi connectivity index (χ1n) is 10.1. The van der Waals surface area contributed by atoms with Gasteiger partial charge in [0.2, 0.25) is 5.88 Å². The number of hydrogen-bond acceptors (Lipinski definition) is 9. The van der Waals surface area contributed by atoms with Gasteiger partial charge in [0.25, 0.3) is 0 Å². The standard InChI is InChI=1S/C20H21N7O4S/c1-11-3-4-14-13(9-11)23-19(28)27(14)12-5-7-26(8-6-12)31-20(29)25-18-24-15-16(30-2)21-10-22-17(15)32-18/h3-4,9-10,12H,5-8H2,1-2H3,(H,23,28)(H,24,25,29). The molecule has 1 amide bonds. The number of piperidine rings is 1. The number of thiazole rings is 1. The summed E-state index contributed by atoms with van der Waals surface area (Å²) in [7, 11) is 1.50. The molecule has 5 rings (SSSR count). The van der Waals surface area contributed by atoms with Crippen LogP contribution in [0.5, 0.6) is 5.88 Å². The van der Waals surface area contributed by atoms with Crippen molar-refractivity contribution in [3.63, 3.8) is 0 Å². The van der Waals surface area contributed by atoms with E-state index in [9.17, 15) is 9.59 Å². The number of fused-ring (bicyclic) bond motifs is 2. The Morgan fingerprint density at radius 1 is 1.28 bits per heavy atom. The Kier molecular flexibility index (Phi) is 5.23. The monoisotopic (exact) mass is 455 g/mol. The molecule has 1 saturated heterocycles. The largest absolute Gasteiger partial charge is 0.479 e. The molecule has 1 fully saturated rings. The lowest BCUT2D eigenvalue weighted by molar-refractivity contribution is -0.111. The fourth-order valence-electron chi connectivity index (χ4n) is 3.96. The van der Waals surface area contributed by atoms with Crippen molar-refractivity contribution in [3.8, 4) is 5.88 Å². The van der Waals surface area contributed by atoms with E-state index in [1.165, 1.54) is 24.8 Å². The molecular formula is C20H21N7O4S. The van der Waals surface area contributed by atoms with Gasteiger partial charge >= 0.3 is 11.8 Å². The number of H-pyrrole nitrogens is 1. The van der Waals surface area contributed by atoms with E-state index in [1.807, 2.05) is 29.7 Å². The van der Waals surface area contributed by atoms with E-state index in [4.69, 9.17) is 9.57 Å². The van der Waals surface area contributed by atoms with Crippen LogP contribution in [0.15, 0.2) is 29.3 Å². The molecule has 0 saturated carbocycles. The predicted octanol–water partition coefficient (Wildman–Crippen LogP) is 2.85. The Morgan fingerprint density at radius 2 is 2.09 bits per heavy atom. The number of methoxy groups -OCH3 is 1. The highest BCUT2D eigenvalue weighted by molar-refractivity contribution is 7.22. The molecule has 1 aromatic carbocycles. The smallest absolute Gasteiger partial charge is 0.432 e. The lowest BCUT2D eigenvalue weighted by Gasteiger charge is -2.30. The number of hydrogen-bond donors (Lipinski definition) is 2. The molecular weight excluding hydrogens is 434 g/mol. The van der Waals surface area contributed by atoms with Crippen molar-refractivity contribution in [1.29, 1.82) is 0 Å². The number of nitrogens with zero attached hydrogens (tertiary/aromatic N) is 5.